The minimum Gasteiger partial charge on any atom is -0.384 e. The second-order valence-electron chi connectivity index (χ2n) is 7.09. The Labute approximate surface area is 153 Å². The molecule has 1 aromatic rings. The molecule has 0 unspecified atom stereocenters. The number of benzene rings is 1. The quantitative estimate of drug-likeness (QED) is 0.720. The van der Waals surface area contributed by atoms with Gasteiger partial charge in [-0.3, -0.25) is 0 Å². The van der Waals surface area contributed by atoms with Crippen molar-refractivity contribution in [3.8, 4) is 0 Å². The van der Waals surface area contributed by atoms with Crippen LogP contribution in [0.15, 0.2) is 29.2 Å². The van der Waals surface area contributed by atoms with Crippen LogP contribution < -0.4 is 0 Å². The molecule has 2 aliphatic rings. The molecule has 2 fully saturated rings. The van der Waals surface area contributed by atoms with E-state index in [4.69, 9.17) is 4.74 Å². The van der Waals surface area contributed by atoms with E-state index in [2.05, 4.69) is 0 Å². The van der Waals surface area contributed by atoms with E-state index in [9.17, 15) is 21.2 Å². The van der Waals surface area contributed by atoms with Gasteiger partial charge in [-0.15, -0.1) is 0 Å². The Hall–Kier alpha value is -1.07. The molecule has 3 rings (SSSR count). The van der Waals surface area contributed by atoms with Gasteiger partial charge in [-0.25, -0.2) is 25.5 Å². The van der Waals surface area contributed by atoms with Crippen molar-refractivity contribution in [3.63, 3.8) is 0 Å². The van der Waals surface area contributed by atoms with Crippen LogP contribution in [-0.4, -0.2) is 71.6 Å². The fourth-order valence-electron chi connectivity index (χ4n) is 3.99. The van der Waals surface area contributed by atoms with E-state index in [1.165, 1.54) is 26.8 Å². The zero-order valence-corrected chi connectivity index (χ0v) is 16.4. The summed E-state index contributed by atoms with van der Waals surface area (Å²) in [5.41, 5.74) is -0.418. The standard InChI is InChI=1S/C16H23FN2O5S2/c1-24-12-16-7-8-18(9-13(16)10-19(11-16)25(2,20)21)26(22,23)15-6-4-3-5-14(15)17/h3-6,13H,7-12H2,1-2H3/t13-,16+/m1/s1. The molecule has 2 atom stereocenters. The average molecular weight is 407 g/mol. The lowest BCUT2D eigenvalue weighted by atomic mass is 9.74. The number of halogens is 1. The summed E-state index contributed by atoms with van der Waals surface area (Å²) in [6.45, 7) is 1.26. The van der Waals surface area contributed by atoms with E-state index in [-0.39, 0.29) is 30.4 Å². The number of hydrogen-bond acceptors (Lipinski definition) is 5. The Morgan fingerprint density at radius 1 is 1.19 bits per heavy atom. The molecule has 0 radical (unpaired) electrons. The van der Waals surface area contributed by atoms with E-state index < -0.39 is 31.3 Å². The summed E-state index contributed by atoms with van der Waals surface area (Å²) >= 11 is 0. The van der Waals surface area contributed by atoms with Gasteiger partial charge in [-0.2, -0.15) is 4.31 Å². The molecule has 146 valence electrons. The molecule has 26 heavy (non-hydrogen) atoms. The molecular formula is C16H23FN2O5S2. The molecular weight excluding hydrogens is 383 g/mol. The normalized spacial score (nSPS) is 28.2. The van der Waals surface area contributed by atoms with Crippen LogP contribution in [0.4, 0.5) is 4.39 Å². The molecule has 0 amide bonds. The number of ether oxygens (including phenoxy) is 1. The van der Waals surface area contributed by atoms with Crippen LogP contribution in [0.25, 0.3) is 0 Å². The van der Waals surface area contributed by atoms with E-state index in [1.807, 2.05) is 0 Å². The van der Waals surface area contributed by atoms with Crippen molar-refractivity contribution >= 4 is 20.0 Å². The van der Waals surface area contributed by atoms with E-state index in [0.29, 0.717) is 19.6 Å². The van der Waals surface area contributed by atoms with Gasteiger partial charge in [0.15, 0.2) is 0 Å². The van der Waals surface area contributed by atoms with E-state index in [0.717, 1.165) is 12.3 Å². The van der Waals surface area contributed by atoms with Crippen molar-refractivity contribution in [1.29, 1.82) is 0 Å². The van der Waals surface area contributed by atoms with Gasteiger partial charge in [0.1, 0.15) is 10.7 Å². The Morgan fingerprint density at radius 3 is 2.46 bits per heavy atom. The average Bonchev–Trinajstić information content (AvgIpc) is 2.94. The van der Waals surface area contributed by atoms with Crippen molar-refractivity contribution in [2.24, 2.45) is 11.3 Å². The third-order valence-electron chi connectivity index (χ3n) is 5.42. The Kier molecular flexibility index (Phi) is 5.17. The maximum absolute atomic E-state index is 14.0. The van der Waals surface area contributed by atoms with Gasteiger partial charge >= 0.3 is 0 Å². The summed E-state index contributed by atoms with van der Waals surface area (Å²) in [6.07, 6.45) is 1.61. The molecule has 0 aromatic heterocycles. The van der Waals surface area contributed by atoms with Crippen LogP contribution in [0.5, 0.6) is 0 Å². The predicted octanol–water partition coefficient (Wildman–Crippen LogP) is 0.744. The molecule has 2 aliphatic heterocycles. The van der Waals surface area contributed by atoms with Crippen molar-refractivity contribution in [3.05, 3.63) is 30.1 Å². The zero-order chi connectivity index (χ0) is 19.2. The largest absolute Gasteiger partial charge is 0.384 e. The number of sulfonamides is 2. The number of piperidine rings is 1. The van der Waals surface area contributed by atoms with Gasteiger partial charge in [-0.05, 0) is 24.5 Å². The first-order chi connectivity index (χ1) is 12.1. The summed E-state index contributed by atoms with van der Waals surface area (Å²) in [4.78, 5) is -0.350. The Morgan fingerprint density at radius 2 is 1.85 bits per heavy atom. The van der Waals surface area contributed by atoms with Crippen molar-refractivity contribution in [2.75, 3.05) is 46.2 Å². The minimum atomic E-state index is -3.98. The number of nitrogens with zero attached hydrogens (tertiary/aromatic N) is 2. The van der Waals surface area contributed by atoms with Gasteiger partial charge in [0.05, 0.1) is 12.9 Å². The summed E-state index contributed by atoms with van der Waals surface area (Å²) in [6, 6.07) is 5.29. The fourth-order valence-corrected chi connectivity index (χ4v) is 6.48. The van der Waals surface area contributed by atoms with Gasteiger partial charge in [0, 0.05) is 38.7 Å². The van der Waals surface area contributed by atoms with Gasteiger partial charge in [0.2, 0.25) is 20.0 Å². The number of hydrogen-bond donors (Lipinski definition) is 0. The van der Waals surface area contributed by atoms with E-state index >= 15 is 0 Å². The SMILES string of the molecule is COC[C@@]12CCN(S(=O)(=O)c3ccccc3F)C[C@@H]1CN(S(C)(=O)=O)C2. The molecule has 2 saturated heterocycles. The number of methoxy groups -OCH3 is 1. The highest BCUT2D eigenvalue weighted by atomic mass is 32.2. The predicted molar refractivity (Wildman–Crippen MR) is 94.0 cm³/mol. The first-order valence-corrected chi connectivity index (χ1v) is 11.6. The van der Waals surface area contributed by atoms with Crippen LogP contribution in [0, 0.1) is 17.2 Å². The van der Waals surface area contributed by atoms with Crippen LogP contribution in [0.2, 0.25) is 0 Å². The monoisotopic (exact) mass is 406 g/mol. The van der Waals surface area contributed by atoms with Gasteiger partial charge in [-0.1, -0.05) is 12.1 Å². The van der Waals surface area contributed by atoms with E-state index in [1.54, 1.807) is 7.11 Å². The Bertz CT molecular complexity index is 890. The van der Waals surface area contributed by atoms with Crippen LogP contribution in [0.3, 0.4) is 0 Å². The highest BCUT2D eigenvalue weighted by molar-refractivity contribution is 7.89. The van der Waals surface area contributed by atoms with Gasteiger partial charge in [0.25, 0.3) is 0 Å². The first-order valence-electron chi connectivity index (χ1n) is 8.29. The van der Waals surface area contributed by atoms with Crippen LogP contribution in [-0.2, 0) is 24.8 Å². The van der Waals surface area contributed by atoms with Crippen molar-refractivity contribution < 1.29 is 26.0 Å². The lowest BCUT2D eigenvalue weighted by molar-refractivity contribution is 0.0208. The molecule has 0 spiro atoms. The summed E-state index contributed by atoms with van der Waals surface area (Å²) in [7, 11) is -5.80. The molecule has 0 bridgehead atoms. The highest BCUT2D eigenvalue weighted by Crippen LogP contribution is 2.45. The molecule has 2 heterocycles. The highest BCUT2D eigenvalue weighted by Gasteiger charge is 2.53. The van der Waals surface area contributed by atoms with Crippen LogP contribution in [0.1, 0.15) is 6.42 Å². The van der Waals surface area contributed by atoms with Crippen molar-refractivity contribution in [2.45, 2.75) is 11.3 Å². The first kappa shape index (κ1) is 19.7. The minimum absolute atomic E-state index is 0.145. The summed E-state index contributed by atoms with van der Waals surface area (Å²) in [5.74, 6) is -0.988. The third kappa shape index (κ3) is 3.40. The van der Waals surface area contributed by atoms with Crippen LogP contribution >= 0.6 is 0 Å². The lowest BCUT2D eigenvalue weighted by Crippen LogP contribution is -2.50. The lowest BCUT2D eigenvalue weighted by Gasteiger charge is -2.42. The Balaban J connectivity index is 1.89. The number of rotatable bonds is 5. The smallest absolute Gasteiger partial charge is 0.245 e. The second-order valence-corrected chi connectivity index (χ2v) is 11.0. The zero-order valence-electron chi connectivity index (χ0n) is 14.8. The molecule has 0 aliphatic carbocycles. The van der Waals surface area contributed by atoms with Crippen molar-refractivity contribution in [1.82, 2.24) is 8.61 Å². The topological polar surface area (TPSA) is 84.0 Å². The number of fused-ring (bicyclic) bond motifs is 1. The molecule has 1 aromatic carbocycles. The maximum Gasteiger partial charge on any atom is 0.245 e. The molecule has 7 nitrogen and oxygen atoms in total. The fraction of sp³-hybridized carbons (Fsp3) is 0.625. The van der Waals surface area contributed by atoms with Gasteiger partial charge < -0.3 is 4.74 Å². The molecule has 0 saturated carbocycles. The molecule has 0 N–H and O–H groups in total. The second kappa shape index (κ2) is 6.83. The summed E-state index contributed by atoms with van der Waals surface area (Å²) < 4.78 is 71.6. The third-order valence-corrected chi connectivity index (χ3v) is 8.53. The molecule has 10 heteroatoms. The summed E-state index contributed by atoms with van der Waals surface area (Å²) in [5, 5.41) is 0. The maximum atomic E-state index is 14.0.